The SMILES string of the molecule is CC(=O)c1cccc(Cn2ccc(NC(=O)C=Cc3ccc(C(F)(F)F)cc3)n2)n1. The molecule has 3 aromatic rings. The minimum absolute atomic E-state index is 0.134. The number of Topliss-reactive ketones (excluding diaryl/α,β-unsaturated/α-hetero) is 1. The van der Waals surface area contributed by atoms with Crippen LogP contribution in [-0.4, -0.2) is 26.5 Å². The molecule has 1 N–H and O–H groups in total. The molecule has 2 aromatic heterocycles. The second-order valence-electron chi connectivity index (χ2n) is 6.41. The third-order valence-electron chi connectivity index (χ3n) is 4.05. The van der Waals surface area contributed by atoms with E-state index in [0.29, 0.717) is 29.3 Å². The van der Waals surface area contributed by atoms with Gasteiger partial charge in [0.1, 0.15) is 5.69 Å². The molecule has 0 aliphatic heterocycles. The molecule has 0 unspecified atom stereocenters. The average Bonchev–Trinajstić information content (AvgIpc) is 3.13. The molecule has 0 radical (unpaired) electrons. The van der Waals surface area contributed by atoms with E-state index in [2.05, 4.69) is 15.4 Å². The van der Waals surface area contributed by atoms with Crippen molar-refractivity contribution in [1.29, 1.82) is 0 Å². The van der Waals surface area contributed by atoms with Crippen molar-refractivity contribution < 1.29 is 22.8 Å². The van der Waals surface area contributed by atoms with E-state index in [9.17, 15) is 22.8 Å². The Labute approximate surface area is 170 Å². The smallest absolute Gasteiger partial charge is 0.306 e. The van der Waals surface area contributed by atoms with Crippen molar-refractivity contribution in [2.75, 3.05) is 5.32 Å². The first kappa shape index (κ1) is 21.0. The fraction of sp³-hybridized carbons (Fsp3) is 0.143. The summed E-state index contributed by atoms with van der Waals surface area (Å²) in [7, 11) is 0. The summed E-state index contributed by atoms with van der Waals surface area (Å²) in [5.74, 6) is -0.304. The predicted octanol–water partition coefficient (Wildman–Crippen LogP) is 4.20. The van der Waals surface area contributed by atoms with Gasteiger partial charge in [0.2, 0.25) is 5.91 Å². The van der Waals surface area contributed by atoms with Crippen molar-refractivity contribution in [2.45, 2.75) is 19.6 Å². The Morgan fingerprint density at radius 3 is 2.50 bits per heavy atom. The van der Waals surface area contributed by atoms with Gasteiger partial charge in [0.25, 0.3) is 0 Å². The molecule has 0 aliphatic carbocycles. The Morgan fingerprint density at radius 1 is 1.10 bits per heavy atom. The van der Waals surface area contributed by atoms with E-state index in [-0.39, 0.29) is 5.78 Å². The molecule has 0 spiro atoms. The number of hydrogen-bond acceptors (Lipinski definition) is 4. The van der Waals surface area contributed by atoms with E-state index >= 15 is 0 Å². The normalized spacial score (nSPS) is 11.6. The Bertz CT molecular complexity index is 1090. The van der Waals surface area contributed by atoms with E-state index in [0.717, 1.165) is 12.1 Å². The van der Waals surface area contributed by atoms with Gasteiger partial charge in [0, 0.05) is 25.3 Å². The summed E-state index contributed by atoms with van der Waals surface area (Å²) >= 11 is 0. The number of nitrogens with one attached hydrogen (secondary N) is 1. The van der Waals surface area contributed by atoms with Crippen molar-refractivity contribution >= 4 is 23.6 Å². The van der Waals surface area contributed by atoms with Crippen LogP contribution in [0.4, 0.5) is 19.0 Å². The maximum atomic E-state index is 12.6. The average molecular weight is 414 g/mol. The maximum absolute atomic E-state index is 12.6. The summed E-state index contributed by atoms with van der Waals surface area (Å²) in [6, 6.07) is 11.2. The zero-order chi connectivity index (χ0) is 21.7. The van der Waals surface area contributed by atoms with Gasteiger partial charge in [-0.2, -0.15) is 18.3 Å². The van der Waals surface area contributed by atoms with Crippen LogP contribution in [0.1, 0.15) is 34.2 Å². The number of anilines is 1. The van der Waals surface area contributed by atoms with Crippen LogP contribution in [0.3, 0.4) is 0 Å². The molecule has 30 heavy (non-hydrogen) atoms. The summed E-state index contributed by atoms with van der Waals surface area (Å²) in [4.78, 5) is 27.7. The second kappa shape index (κ2) is 8.73. The number of benzene rings is 1. The first-order valence-corrected chi connectivity index (χ1v) is 8.87. The van der Waals surface area contributed by atoms with Crippen LogP contribution in [0.15, 0.2) is 60.8 Å². The summed E-state index contributed by atoms with van der Waals surface area (Å²) in [5, 5.41) is 6.79. The first-order chi connectivity index (χ1) is 14.2. The highest BCUT2D eigenvalue weighted by Gasteiger charge is 2.29. The van der Waals surface area contributed by atoms with Gasteiger partial charge >= 0.3 is 6.18 Å². The maximum Gasteiger partial charge on any atom is 0.416 e. The number of nitrogens with zero attached hydrogens (tertiary/aromatic N) is 3. The molecular formula is C21H17F3N4O2. The number of ketones is 1. The summed E-state index contributed by atoms with van der Waals surface area (Å²) < 4.78 is 39.2. The lowest BCUT2D eigenvalue weighted by Gasteiger charge is -2.05. The Hall–Kier alpha value is -3.75. The number of pyridine rings is 1. The highest BCUT2D eigenvalue weighted by atomic mass is 19.4. The van der Waals surface area contributed by atoms with Gasteiger partial charge in [0.05, 0.1) is 17.8 Å². The predicted molar refractivity (Wildman–Crippen MR) is 105 cm³/mol. The zero-order valence-electron chi connectivity index (χ0n) is 15.8. The number of rotatable bonds is 6. The van der Waals surface area contributed by atoms with Crippen LogP contribution >= 0.6 is 0 Å². The van der Waals surface area contributed by atoms with Crippen LogP contribution in [0, 0.1) is 0 Å². The Kier molecular flexibility index (Phi) is 6.10. The summed E-state index contributed by atoms with van der Waals surface area (Å²) in [5.41, 5.74) is 0.713. The lowest BCUT2D eigenvalue weighted by Crippen LogP contribution is -2.10. The van der Waals surface area contributed by atoms with Gasteiger partial charge in [-0.1, -0.05) is 18.2 Å². The molecular weight excluding hydrogens is 397 g/mol. The third-order valence-corrected chi connectivity index (χ3v) is 4.05. The molecule has 0 fully saturated rings. The van der Waals surface area contributed by atoms with Crippen LogP contribution in [-0.2, 0) is 17.5 Å². The molecule has 9 heteroatoms. The van der Waals surface area contributed by atoms with E-state index in [4.69, 9.17) is 0 Å². The van der Waals surface area contributed by atoms with Crippen molar-refractivity contribution in [3.05, 3.63) is 83.3 Å². The van der Waals surface area contributed by atoms with Gasteiger partial charge in [-0.15, -0.1) is 0 Å². The second-order valence-corrected chi connectivity index (χ2v) is 6.41. The minimum Gasteiger partial charge on any atom is -0.306 e. The number of halogens is 3. The van der Waals surface area contributed by atoms with Crippen molar-refractivity contribution in [3.8, 4) is 0 Å². The minimum atomic E-state index is -4.40. The van der Waals surface area contributed by atoms with E-state index in [1.54, 1.807) is 35.1 Å². The van der Waals surface area contributed by atoms with Crippen molar-refractivity contribution in [2.24, 2.45) is 0 Å². The van der Waals surface area contributed by atoms with Crippen molar-refractivity contribution in [1.82, 2.24) is 14.8 Å². The van der Waals surface area contributed by atoms with Crippen LogP contribution < -0.4 is 5.32 Å². The van der Waals surface area contributed by atoms with E-state index in [1.807, 2.05) is 0 Å². The summed E-state index contributed by atoms with van der Waals surface area (Å²) in [6.45, 7) is 1.75. The zero-order valence-corrected chi connectivity index (χ0v) is 15.8. The quantitative estimate of drug-likeness (QED) is 0.485. The molecule has 0 aliphatic rings. The Balaban J connectivity index is 1.59. The molecule has 0 atom stereocenters. The molecule has 6 nitrogen and oxygen atoms in total. The lowest BCUT2D eigenvalue weighted by atomic mass is 10.1. The molecule has 1 aromatic carbocycles. The van der Waals surface area contributed by atoms with E-state index in [1.165, 1.54) is 31.2 Å². The third kappa shape index (κ3) is 5.63. The Morgan fingerprint density at radius 2 is 1.83 bits per heavy atom. The van der Waals surface area contributed by atoms with E-state index < -0.39 is 17.6 Å². The number of carbonyl (C=O) groups is 2. The van der Waals surface area contributed by atoms with Crippen molar-refractivity contribution in [3.63, 3.8) is 0 Å². The fourth-order valence-electron chi connectivity index (χ4n) is 2.57. The van der Waals surface area contributed by atoms with Gasteiger partial charge in [0.15, 0.2) is 11.6 Å². The van der Waals surface area contributed by atoms with Crippen LogP contribution in [0.2, 0.25) is 0 Å². The van der Waals surface area contributed by atoms with Gasteiger partial charge in [-0.25, -0.2) is 4.98 Å². The summed E-state index contributed by atoms with van der Waals surface area (Å²) in [6.07, 6.45) is -0.137. The van der Waals surface area contributed by atoms with Gasteiger partial charge in [-0.3, -0.25) is 14.3 Å². The molecule has 0 bridgehead atoms. The van der Waals surface area contributed by atoms with Crippen LogP contribution in [0.25, 0.3) is 6.08 Å². The molecule has 1 amide bonds. The molecule has 2 heterocycles. The highest BCUT2D eigenvalue weighted by Crippen LogP contribution is 2.29. The first-order valence-electron chi connectivity index (χ1n) is 8.87. The van der Waals surface area contributed by atoms with Gasteiger partial charge < -0.3 is 5.32 Å². The fourth-order valence-corrected chi connectivity index (χ4v) is 2.57. The number of carbonyl (C=O) groups excluding carboxylic acids is 2. The molecule has 0 saturated carbocycles. The number of aromatic nitrogens is 3. The van der Waals surface area contributed by atoms with Crippen LogP contribution in [0.5, 0.6) is 0 Å². The standard InChI is InChI=1S/C21H17F3N4O2/c1-14(29)18-4-2-3-17(25-18)13-28-12-11-19(27-28)26-20(30)10-7-15-5-8-16(9-6-15)21(22,23)24/h2-12H,13H2,1H3,(H,26,27,30). The topological polar surface area (TPSA) is 76.9 Å². The molecule has 3 rings (SSSR count). The molecule has 154 valence electrons. The van der Waals surface area contributed by atoms with Gasteiger partial charge in [-0.05, 0) is 35.9 Å². The largest absolute Gasteiger partial charge is 0.416 e. The number of amides is 1. The highest BCUT2D eigenvalue weighted by molar-refractivity contribution is 6.01. The number of hydrogen-bond donors (Lipinski definition) is 1. The lowest BCUT2D eigenvalue weighted by molar-refractivity contribution is -0.137. The molecule has 0 saturated heterocycles. The number of alkyl halides is 3. The monoisotopic (exact) mass is 414 g/mol.